The number of carbonyl (C=O) groups is 3. The third kappa shape index (κ3) is 8.70. The van der Waals surface area contributed by atoms with Crippen molar-refractivity contribution in [2.24, 2.45) is 0 Å². The number of ketones is 1. The summed E-state index contributed by atoms with van der Waals surface area (Å²) in [5, 5.41) is 0.844. The molecule has 7 nitrogen and oxygen atoms in total. The lowest BCUT2D eigenvalue weighted by Gasteiger charge is -2.31. The van der Waals surface area contributed by atoms with Crippen molar-refractivity contribution in [3.8, 4) is 0 Å². The van der Waals surface area contributed by atoms with Crippen molar-refractivity contribution in [1.82, 2.24) is 10.4 Å². The zero-order chi connectivity index (χ0) is 21.5. The largest absolute Gasteiger partial charge is 0.443 e. The number of nitrogens with zero attached hydrogens (tertiary/aromatic N) is 1. The van der Waals surface area contributed by atoms with Crippen LogP contribution in [0.15, 0.2) is 36.4 Å². The zero-order valence-corrected chi connectivity index (χ0v) is 17.6. The van der Waals surface area contributed by atoms with Crippen LogP contribution in [0.5, 0.6) is 0 Å². The van der Waals surface area contributed by atoms with E-state index in [0.29, 0.717) is 0 Å². The molecule has 0 heterocycles. The van der Waals surface area contributed by atoms with Gasteiger partial charge < -0.3 is 9.47 Å². The predicted molar refractivity (Wildman–Crippen MR) is 107 cm³/mol. The third-order valence-corrected chi connectivity index (χ3v) is 3.24. The molecule has 7 heteroatoms. The van der Waals surface area contributed by atoms with Gasteiger partial charge in [-0.05, 0) is 60.1 Å². The average molecular weight is 390 g/mol. The summed E-state index contributed by atoms with van der Waals surface area (Å²) in [6.45, 7) is 11.7. The topological polar surface area (TPSA) is 84.9 Å². The highest BCUT2D eigenvalue weighted by molar-refractivity contribution is 5.99. The predicted octanol–water partition coefficient (Wildman–Crippen LogP) is 4.33. The van der Waals surface area contributed by atoms with Crippen LogP contribution in [0.4, 0.5) is 9.59 Å². The number of amides is 2. The van der Waals surface area contributed by atoms with Crippen molar-refractivity contribution in [3.05, 3.63) is 42.0 Å². The molecule has 1 aromatic carbocycles. The number of hydrogen-bond acceptors (Lipinski definition) is 5. The van der Waals surface area contributed by atoms with Gasteiger partial charge in [-0.3, -0.25) is 4.79 Å². The van der Waals surface area contributed by atoms with Gasteiger partial charge in [0.25, 0.3) is 0 Å². The normalized spacial score (nSPS) is 13.0. The number of carbonyl (C=O) groups excluding carboxylic acids is 3. The minimum atomic E-state index is -0.998. The molecule has 1 rings (SSSR count). The molecule has 0 radical (unpaired) electrons. The van der Waals surface area contributed by atoms with Gasteiger partial charge in [0, 0.05) is 0 Å². The van der Waals surface area contributed by atoms with E-state index in [-0.39, 0.29) is 5.78 Å². The van der Waals surface area contributed by atoms with Gasteiger partial charge in [-0.15, -0.1) is 0 Å². The number of nitrogens with one attached hydrogen (secondary N) is 1. The molecule has 0 aliphatic rings. The summed E-state index contributed by atoms with van der Waals surface area (Å²) in [6.07, 6.45) is 1.28. The molecular weight excluding hydrogens is 360 g/mol. The molecule has 0 aromatic heterocycles. The number of hydrogen-bond donors (Lipinski definition) is 1. The molecule has 0 bridgehead atoms. The van der Waals surface area contributed by atoms with Crippen LogP contribution >= 0.6 is 0 Å². The second-order valence-corrected chi connectivity index (χ2v) is 8.29. The smallest absolute Gasteiger partial charge is 0.429 e. The first-order valence-corrected chi connectivity index (χ1v) is 9.07. The highest BCUT2D eigenvalue weighted by atomic mass is 16.6. The maximum atomic E-state index is 12.6. The molecular formula is C21H30N2O5. The standard InChI is InChI=1S/C21H30N2O5/c1-15(17(24)14-13-16-11-9-8-10-12-16)23(19(26)28-21(5,6)7)22-18(25)27-20(2,3)4/h8-15H,1-7H3,(H,22,25)/b14-13+. The number of benzene rings is 1. The van der Waals surface area contributed by atoms with E-state index in [1.807, 2.05) is 30.3 Å². The highest BCUT2D eigenvalue weighted by Gasteiger charge is 2.32. The van der Waals surface area contributed by atoms with Crippen molar-refractivity contribution >= 4 is 24.0 Å². The fourth-order valence-electron chi connectivity index (χ4n) is 2.02. The van der Waals surface area contributed by atoms with Crippen molar-refractivity contribution in [2.45, 2.75) is 65.7 Å². The van der Waals surface area contributed by atoms with Gasteiger partial charge in [-0.25, -0.2) is 20.0 Å². The van der Waals surface area contributed by atoms with Crippen molar-refractivity contribution < 1.29 is 23.9 Å². The Hall–Kier alpha value is -2.83. The van der Waals surface area contributed by atoms with E-state index in [1.54, 1.807) is 47.6 Å². The minimum Gasteiger partial charge on any atom is -0.443 e. The Morgan fingerprint density at radius 2 is 1.50 bits per heavy atom. The maximum Gasteiger partial charge on any atom is 0.429 e. The first-order chi connectivity index (χ1) is 12.8. The molecule has 1 N–H and O–H groups in total. The minimum absolute atomic E-state index is 0.384. The molecule has 1 unspecified atom stereocenters. The summed E-state index contributed by atoms with van der Waals surface area (Å²) in [5.74, 6) is -0.384. The van der Waals surface area contributed by atoms with E-state index < -0.39 is 29.4 Å². The number of rotatable bonds is 4. The van der Waals surface area contributed by atoms with E-state index in [0.717, 1.165) is 10.6 Å². The van der Waals surface area contributed by atoms with Crippen LogP contribution in [-0.4, -0.2) is 40.2 Å². The summed E-state index contributed by atoms with van der Waals surface area (Å²) >= 11 is 0. The Bertz CT molecular complexity index is 715. The first-order valence-electron chi connectivity index (χ1n) is 9.07. The molecule has 0 fully saturated rings. The second-order valence-electron chi connectivity index (χ2n) is 8.29. The van der Waals surface area contributed by atoms with E-state index >= 15 is 0 Å². The Kier molecular flexibility index (Phi) is 7.78. The van der Waals surface area contributed by atoms with E-state index in [1.165, 1.54) is 13.0 Å². The van der Waals surface area contributed by atoms with Crippen molar-refractivity contribution in [3.63, 3.8) is 0 Å². The Balaban J connectivity index is 2.97. The average Bonchev–Trinajstić information content (AvgIpc) is 2.54. The summed E-state index contributed by atoms with van der Waals surface area (Å²) in [5.41, 5.74) is 1.60. The number of hydrazine groups is 1. The van der Waals surface area contributed by atoms with Crippen LogP contribution in [0.25, 0.3) is 6.08 Å². The Labute approximate surface area is 166 Å². The van der Waals surface area contributed by atoms with Crippen molar-refractivity contribution in [1.29, 1.82) is 0 Å². The second kappa shape index (κ2) is 9.39. The third-order valence-electron chi connectivity index (χ3n) is 3.24. The lowest BCUT2D eigenvalue weighted by Crippen LogP contribution is -2.55. The van der Waals surface area contributed by atoms with Crippen molar-refractivity contribution in [2.75, 3.05) is 0 Å². The Morgan fingerprint density at radius 3 is 2.00 bits per heavy atom. The SMILES string of the molecule is CC(C(=O)/C=C/c1ccccc1)N(NC(=O)OC(C)(C)C)C(=O)OC(C)(C)C. The molecule has 1 aromatic rings. The van der Waals surface area contributed by atoms with Gasteiger partial charge in [0.2, 0.25) is 0 Å². The van der Waals surface area contributed by atoms with Gasteiger partial charge in [0.1, 0.15) is 17.2 Å². The first kappa shape index (κ1) is 23.2. The lowest BCUT2D eigenvalue weighted by atomic mass is 10.1. The fraction of sp³-hybridized carbons (Fsp3) is 0.476. The van der Waals surface area contributed by atoms with E-state index in [4.69, 9.17) is 9.47 Å². The lowest BCUT2D eigenvalue weighted by molar-refractivity contribution is -0.120. The molecule has 0 saturated carbocycles. The number of ether oxygens (including phenoxy) is 2. The summed E-state index contributed by atoms with van der Waals surface area (Å²) < 4.78 is 10.5. The summed E-state index contributed by atoms with van der Waals surface area (Å²) in [6, 6.07) is 8.27. The van der Waals surface area contributed by atoms with Crippen LogP contribution in [0.1, 0.15) is 54.0 Å². The molecule has 0 saturated heterocycles. The maximum absolute atomic E-state index is 12.6. The van der Waals surface area contributed by atoms with Crippen LogP contribution in [-0.2, 0) is 14.3 Å². The van der Waals surface area contributed by atoms with Gasteiger partial charge >= 0.3 is 12.2 Å². The molecule has 0 aliphatic heterocycles. The molecule has 28 heavy (non-hydrogen) atoms. The summed E-state index contributed by atoms with van der Waals surface area (Å²) in [4.78, 5) is 37.2. The van der Waals surface area contributed by atoms with Crippen LogP contribution in [0.2, 0.25) is 0 Å². The van der Waals surface area contributed by atoms with Crippen LogP contribution in [0, 0.1) is 0 Å². The van der Waals surface area contributed by atoms with E-state index in [2.05, 4.69) is 5.43 Å². The van der Waals surface area contributed by atoms with Crippen LogP contribution < -0.4 is 5.43 Å². The van der Waals surface area contributed by atoms with Crippen LogP contribution in [0.3, 0.4) is 0 Å². The quantitative estimate of drug-likeness (QED) is 0.611. The summed E-state index contributed by atoms with van der Waals surface area (Å²) in [7, 11) is 0. The Morgan fingerprint density at radius 1 is 0.964 bits per heavy atom. The van der Waals surface area contributed by atoms with E-state index in [9.17, 15) is 14.4 Å². The molecule has 0 aliphatic carbocycles. The van der Waals surface area contributed by atoms with Gasteiger partial charge in [-0.1, -0.05) is 36.4 Å². The van der Waals surface area contributed by atoms with Gasteiger partial charge in [-0.2, -0.15) is 0 Å². The van der Waals surface area contributed by atoms with Gasteiger partial charge in [0.05, 0.1) is 0 Å². The monoisotopic (exact) mass is 390 g/mol. The highest BCUT2D eigenvalue weighted by Crippen LogP contribution is 2.13. The fourth-order valence-corrected chi connectivity index (χ4v) is 2.02. The zero-order valence-electron chi connectivity index (χ0n) is 17.6. The molecule has 154 valence electrons. The molecule has 1 atom stereocenters. The molecule has 0 spiro atoms. The molecule has 2 amide bonds. The van der Waals surface area contributed by atoms with Gasteiger partial charge in [0.15, 0.2) is 5.78 Å².